The van der Waals surface area contributed by atoms with Crippen LogP contribution in [0, 0.1) is 25.5 Å². The maximum Gasteiger partial charge on any atom is 0.264 e. The van der Waals surface area contributed by atoms with E-state index >= 15 is 8.78 Å². The van der Waals surface area contributed by atoms with Gasteiger partial charge in [-0.3, -0.25) is 14.4 Å². The van der Waals surface area contributed by atoms with Crippen LogP contribution in [0.15, 0.2) is 42.5 Å². The fourth-order valence-corrected chi connectivity index (χ4v) is 6.30. The molecule has 1 N–H and O–H groups in total. The summed E-state index contributed by atoms with van der Waals surface area (Å²) in [5.74, 6) is -3.75. The van der Waals surface area contributed by atoms with Crippen molar-refractivity contribution in [3.63, 3.8) is 0 Å². The van der Waals surface area contributed by atoms with Crippen molar-refractivity contribution in [2.45, 2.75) is 51.9 Å². The molecule has 5 rings (SSSR count). The number of nitrogens with zero attached hydrogens (tertiary/aromatic N) is 2. The summed E-state index contributed by atoms with van der Waals surface area (Å²) in [4.78, 5) is 42.6. The lowest BCUT2D eigenvalue weighted by Gasteiger charge is -2.40. The van der Waals surface area contributed by atoms with Gasteiger partial charge >= 0.3 is 0 Å². The summed E-state index contributed by atoms with van der Waals surface area (Å²) in [5.41, 5.74) is 3.31. The van der Waals surface area contributed by atoms with Crippen molar-refractivity contribution in [2.24, 2.45) is 0 Å². The Morgan fingerprint density at radius 3 is 2.16 bits per heavy atom. The third kappa shape index (κ3) is 5.49. The van der Waals surface area contributed by atoms with Gasteiger partial charge in [-0.05, 0) is 68.5 Å². The topological polar surface area (TPSA) is 88.2 Å². The number of carbonyl (C=O) groups excluding carboxylic acids is 3. The van der Waals surface area contributed by atoms with E-state index in [1.54, 1.807) is 23.1 Å². The van der Waals surface area contributed by atoms with E-state index in [1.807, 2.05) is 39.0 Å². The molecule has 3 aromatic carbocycles. The molecule has 0 atom stereocenters. The van der Waals surface area contributed by atoms with E-state index in [0.29, 0.717) is 49.3 Å². The van der Waals surface area contributed by atoms with E-state index in [-0.39, 0.29) is 29.9 Å². The lowest BCUT2D eigenvalue weighted by atomic mass is 9.74. The van der Waals surface area contributed by atoms with Crippen LogP contribution >= 0.6 is 0 Å². The van der Waals surface area contributed by atoms with Gasteiger partial charge in [0.25, 0.3) is 11.8 Å². The van der Waals surface area contributed by atoms with Crippen LogP contribution in [0.3, 0.4) is 0 Å². The normalized spacial score (nSPS) is 15.2. The summed E-state index contributed by atoms with van der Waals surface area (Å²) >= 11 is 0. The SMILES string of the molecule is CCCC(=O)Nc1ccc(C(=O)N2CCC3(CC2)CN(C(=O)c2c(F)c(OC)cc(OC)c2F)c2ccc(C)cc23)cc1C. The number of likely N-dealkylation sites (tertiary alicyclic amines) is 1. The first-order chi connectivity index (χ1) is 21.0. The molecule has 2 aliphatic rings. The molecule has 3 amide bonds. The van der Waals surface area contributed by atoms with Gasteiger partial charge in [0, 0.05) is 54.5 Å². The van der Waals surface area contributed by atoms with E-state index < -0.39 is 28.5 Å². The van der Waals surface area contributed by atoms with Crippen molar-refractivity contribution >= 4 is 29.1 Å². The third-order valence-corrected chi connectivity index (χ3v) is 8.74. The summed E-state index contributed by atoms with van der Waals surface area (Å²) < 4.78 is 40.8. The number of hydrogen-bond acceptors (Lipinski definition) is 5. The van der Waals surface area contributed by atoms with Crippen molar-refractivity contribution < 1.29 is 32.6 Å². The van der Waals surface area contributed by atoms with E-state index in [4.69, 9.17) is 9.47 Å². The van der Waals surface area contributed by atoms with Crippen LogP contribution < -0.4 is 19.7 Å². The Balaban J connectivity index is 1.39. The van der Waals surface area contributed by atoms with Crippen LogP contribution in [0.1, 0.15) is 70.0 Å². The standard InChI is InChI=1S/C34H37F2N3O5/c1-6-7-28(40)37-24-10-9-22(17-21(24)3)32(41)38-14-12-34(13-15-38)19-39(25-11-8-20(2)16-23(25)34)33(42)29-30(35)26(43-4)18-27(44-5)31(29)36/h8-11,16-18H,6-7,12-15,19H2,1-5H3,(H,37,40). The molecule has 0 unspecified atom stereocenters. The quantitative estimate of drug-likeness (QED) is 0.348. The second-order valence-corrected chi connectivity index (χ2v) is 11.6. The molecule has 232 valence electrons. The first kappa shape index (κ1) is 31.0. The largest absolute Gasteiger partial charge is 0.494 e. The molecule has 0 radical (unpaired) electrons. The molecule has 2 aliphatic heterocycles. The number of carbonyl (C=O) groups is 3. The molecule has 2 heterocycles. The van der Waals surface area contributed by atoms with Gasteiger partial charge < -0.3 is 24.6 Å². The van der Waals surface area contributed by atoms with E-state index in [2.05, 4.69) is 5.32 Å². The highest BCUT2D eigenvalue weighted by atomic mass is 19.1. The maximum absolute atomic E-state index is 15.3. The Morgan fingerprint density at radius 2 is 1.57 bits per heavy atom. The molecule has 3 aromatic rings. The number of ether oxygens (including phenoxy) is 2. The van der Waals surface area contributed by atoms with Gasteiger partial charge in [-0.1, -0.05) is 24.6 Å². The fraction of sp³-hybridized carbons (Fsp3) is 0.382. The smallest absolute Gasteiger partial charge is 0.264 e. The van der Waals surface area contributed by atoms with Crippen LogP contribution in [-0.4, -0.2) is 56.5 Å². The number of halogens is 2. The zero-order chi connectivity index (χ0) is 31.8. The minimum Gasteiger partial charge on any atom is -0.494 e. The number of aryl methyl sites for hydroxylation is 2. The van der Waals surface area contributed by atoms with Gasteiger partial charge in [0.05, 0.1) is 14.2 Å². The van der Waals surface area contributed by atoms with Crippen molar-refractivity contribution in [2.75, 3.05) is 44.1 Å². The fourth-order valence-electron chi connectivity index (χ4n) is 6.30. The van der Waals surface area contributed by atoms with Crippen molar-refractivity contribution in [1.29, 1.82) is 0 Å². The highest BCUT2D eigenvalue weighted by molar-refractivity contribution is 6.08. The van der Waals surface area contributed by atoms with E-state index in [0.717, 1.165) is 29.2 Å². The number of rotatable bonds is 7. The Kier molecular flexibility index (Phi) is 8.63. The first-order valence-corrected chi connectivity index (χ1v) is 14.8. The van der Waals surface area contributed by atoms with Crippen LogP contribution in [0.4, 0.5) is 20.2 Å². The summed E-state index contributed by atoms with van der Waals surface area (Å²) in [5, 5.41) is 2.89. The third-order valence-electron chi connectivity index (χ3n) is 8.74. The van der Waals surface area contributed by atoms with E-state index in [1.165, 1.54) is 19.1 Å². The Labute approximate surface area is 255 Å². The van der Waals surface area contributed by atoms with Gasteiger partial charge in [-0.2, -0.15) is 0 Å². The minimum atomic E-state index is -1.09. The molecular weight excluding hydrogens is 568 g/mol. The van der Waals surface area contributed by atoms with Gasteiger partial charge in [0.2, 0.25) is 5.91 Å². The summed E-state index contributed by atoms with van der Waals surface area (Å²) in [7, 11) is 2.48. The van der Waals surface area contributed by atoms with Gasteiger partial charge in [0.1, 0.15) is 5.56 Å². The number of methoxy groups -OCH3 is 2. The minimum absolute atomic E-state index is 0.0633. The molecule has 10 heteroatoms. The first-order valence-electron chi connectivity index (χ1n) is 14.8. The second kappa shape index (κ2) is 12.3. The van der Waals surface area contributed by atoms with E-state index in [9.17, 15) is 14.4 Å². The number of fused-ring (bicyclic) bond motifs is 2. The average molecular weight is 606 g/mol. The summed E-state index contributed by atoms with van der Waals surface area (Å²) in [6.45, 7) is 6.86. The molecule has 44 heavy (non-hydrogen) atoms. The number of piperidine rings is 1. The Hall–Kier alpha value is -4.47. The molecule has 1 fully saturated rings. The molecule has 0 aromatic heterocycles. The highest BCUT2D eigenvalue weighted by Crippen LogP contribution is 2.48. The molecule has 0 saturated carbocycles. The van der Waals surface area contributed by atoms with Gasteiger partial charge in [-0.25, -0.2) is 8.78 Å². The van der Waals surface area contributed by atoms with Crippen LogP contribution in [0.2, 0.25) is 0 Å². The molecule has 0 bridgehead atoms. The van der Waals surface area contributed by atoms with Crippen LogP contribution in [0.25, 0.3) is 0 Å². The zero-order valence-corrected chi connectivity index (χ0v) is 25.7. The highest BCUT2D eigenvalue weighted by Gasteiger charge is 2.48. The molecule has 1 saturated heterocycles. The van der Waals surface area contributed by atoms with Crippen molar-refractivity contribution in [3.8, 4) is 11.5 Å². The van der Waals surface area contributed by atoms with Crippen molar-refractivity contribution in [1.82, 2.24) is 4.90 Å². The monoisotopic (exact) mass is 605 g/mol. The predicted octanol–water partition coefficient (Wildman–Crippen LogP) is 6.17. The van der Waals surface area contributed by atoms with Crippen molar-refractivity contribution in [3.05, 3.63) is 81.9 Å². The molecule has 8 nitrogen and oxygen atoms in total. The number of anilines is 2. The number of nitrogens with one attached hydrogen (secondary N) is 1. The molecular formula is C34H37F2N3O5. The molecule has 0 aliphatic carbocycles. The molecule has 1 spiro atoms. The van der Waals surface area contributed by atoms with Crippen LogP contribution in [-0.2, 0) is 10.2 Å². The number of benzene rings is 3. The van der Waals surface area contributed by atoms with Crippen LogP contribution in [0.5, 0.6) is 11.5 Å². The average Bonchev–Trinajstić information content (AvgIpc) is 3.31. The lowest BCUT2D eigenvalue weighted by molar-refractivity contribution is -0.116. The zero-order valence-electron chi connectivity index (χ0n) is 25.7. The van der Waals surface area contributed by atoms with Gasteiger partial charge in [-0.15, -0.1) is 0 Å². The van der Waals surface area contributed by atoms with Gasteiger partial charge in [0.15, 0.2) is 23.1 Å². The summed E-state index contributed by atoms with van der Waals surface area (Å²) in [6, 6.07) is 12.0. The second-order valence-electron chi connectivity index (χ2n) is 11.6. The number of hydrogen-bond donors (Lipinski definition) is 1. The summed E-state index contributed by atoms with van der Waals surface area (Å²) in [6.07, 6.45) is 2.31. The Morgan fingerprint density at radius 1 is 0.909 bits per heavy atom. The maximum atomic E-state index is 15.3. The predicted molar refractivity (Wildman–Crippen MR) is 164 cm³/mol. The Bertz CT molecular complexity index is 1600. The number of amides is 3. The lowest BCUT2D eigenvalue weighted by Crippen LogP contribution is -2.48.